The van der Waals surface area contributed by atoms with Crippen LogP contribution in [0.3, 0.4) is 0 Å². The molecule has 8 heteroatoms. The molecule has 3 amide bonds. The van der Waals surface area contributed by atoms with Crippen molar-refractivity contribution in [1.29, 1.82) is 0 Å². The topological polar surface area (TPSA) is 92.8 Å². The summed E-state index contributed by atoms with van der Waals surface area (Å²) in [5, 5.41) is 3.17. The number of anilines is 1. The van der Waals surface area contributed by atoms with Crippen LogP contribution in [0.5, 0.6) is 0 Å². The van der Waals surface area contributed by atoms with E-state index in [9.17, 15) is 19.2 Å². The Hall–Kier alpha value is -2.48. The van der Waals surface area contributed by atoms with Gasteiger partial charge >= 0.3 is 5.97 Å². The van der Waals surface area contributed by atoms with Gasteiger partial charge in [-0.3, -0.25) is 19.3 Å². The van der Waals surface area contributed by atoms with Crippen LogP contribution in [0, 0.1) is 30.6 Å². The molecule has 1 aromatic heterocycles. The number of thiophene rings is 1. The van der Waals surface area contributed by atoms with E-state index < -0.39 is 11.9 Å². The molecule has 1 saturated heterocycles. The molecule has 0 unspecified atom stereocenters. The van der Waals surface area contributed by atoms with E-state index in [4.69, 9.17) is 4.74 Å². The van der Waals surface area contributed by atoms with E-state index >= 15 is 0 Å². The van der Waals surface area contributed by atoms with E-state index in [0.29, 0.717) is 15.4 Å². The molecule has 2 aliphatic carbocycles. The summed E-state index contributed by atoms with van der Waals surface area (Å²) in [4.78, 5) is 51.0. The van der Waals surface area contributed by atoms with E-state index in [0.717, 1.165) is 22.7 Å². The Morgan fingerprint density at radius 1 is 1.22 bits per heavy atom. The van der Waals surface area contributed by atoms with Gasteiger partial charge in [0, 0.05) is 0 Å². The second-order valence-electron chi connectivity index (χ2n) is 7.15. The maximum atomic E-state index is 12.6. The summed E-state index contributed by atoms with van der Waals surface area (Å²) in [6, 6.07) is 1.68. The van der Waals surface area contributed by atoms with Gasteiger partial charge in [0.25, 0.3) is 0 Å². The third-order valence-corrected chi connectivity index (χ3v) is 6.64. The number of ether oxygens (including phenoxy) is 1. The molecule has 0 radical (unpaired) electrons. The van der Waals surface area contributed by atoms with E-state index in [1.54, 1.807) is 19.9 Å². The number of esters is 1. The monoisotopic (exact) mass is 388 g/mol. The number of amides is 3. The van der Waals surface area contributed by atoms with Crippen LogP contribution in [-0.4, -0.2) is 41.7 Å². The molecule has 2 heterocycles. The fourth-order valence-corrected chi connectivity index (χ4v) is 5.37. The molecule has 1 aliphatic heterocycles. The molecule has 3 aliphatic rings. The molecular formula is C19H20N2O5S. The van der Waals surface area contributed by atoms with E-state index in [2.05, 4.69) is 5.32 Å². The Kier molecular flexibility index (Phi) is 4.38. The summed E-state index contributed by atoms with van der Waals surface area (Å²) in [5.41, 5.74) is 0.708. The second kappa shape index (κ2) is 6.60. The maximum absolute atomic E-state index is 12.6. The number of aryl methyl sites for hydroxylation is 1. The van der Waals surface area contributed by atoms with Gasteiger partial charge in [0.2, 0.25) is 17.7 Å². The Balaban J connectivity index is 1.42. The summed E-state index contributed by atoms with van der Waals surface area (Å²) >= 11 is 1.12. The minimum atomic E-state index is -0.450. The lowest BCUT2D eigenvalue weighted by Crippen LogP contribution is -2.39. The number of fused-ring (bicyclic) bond motifs is 5. The highest BCUT2D eigenvalue weighted by molar-refractivity contribution is 7.18. The smallest absolute Gasteiger partial charge is 0.348 e. The number of nitrogens with zero attached hydrogens (tertiary/aromatic N) is 1. The van der Waals surface area contributed by atoms with Crippen molar-refractivity contribution < 1.29 is 23.9 Å². The number of carbonyl (C=O) groups is 4. The third-order valence-electron chi connectivity index (χ3n) is 5.50. The predicted octanol–water partition coefficient (Wildman–Crippen LogP) is 1.98. The van der Waals surface area contributed by atoms with Crippen molar-refractivity contribution in [2.45, 2.75) is 20.3 Å². The molecule has 1 saturated carbocycles. The fourth-order valence-electron chi connectivity index (χ4n) is 4.38. The second-order valence-corrected chi connectivity index (χ2v) is 8.21. The number of rotatable bonds is 5. The van der Waals surface area contributed by atoms with E-state index in [1.165, 1.54) is 0 Å². The third kappa shape index (κ3) is 2.88. The highest BCUT2D eigenvalue weighted by Gasteiger charge is 2.59. The van der Waals surface area contributed by atoms with Crippen molar-refractivity contribution in [1.82, 2.24) is 4.90 Å². The first-order valence-corrected chi connectivity index (χ1v) is 9.83. The normalized spacial score (nSPS) is 28.0. The number of nitrogens with one attached hydrogen (secondary N) is 1. The van der Waals surface area contributed by atoms with Crippen molar-refractivity contribution in [3.8, 4) is 0 Å². The van der Waals surface area contributed by atoms with Crippen molar-refractivity contribution in [2.24, 2.45) is 23.7 Å². The van der Waals surface area contributed by atoms with Crippen LogP contribution in [0.25, 0.3) is 0 Å². The lowest BCUT2D eigenvalue weighted by Gasteiger charge is -2.16. The number of likely N-dealkylation sites (tertiary alicyclic amines) is 1. The summed E-state index contributed by atoms with van der Waals surface area (Å²) < 4.78 is 4.99. The molecule has 4 atom stereocenters. The highest BCUT2D eigenvalue weighted by atomic mass is 32.1. The first-order chi connectivity index (χ1) is 12.9. The van der Waals surface area contributed by atoms with Crippen LogP contribution >= 0.6 is 11.3 Å². The van der Waals surface area contributed by atoms with Gasteiger partial charge in [-0.1, -0.05) is 12.2 Å². The standard InChI is InChI=1S/C19H20N2O5S/c1-3-26-19(25)16-9(2)6-13(27-16)20-12(22)8-21-17(23)14-10-4-5-11(7-10)15(14)18(21)24/h4-6,10-11,14-15H,3,7-8H2,1-2H3,(H,20,22)/t10-,11-,14-,15-/m0/s1. The van der Waals surface area contributed by atoms with Crippen LogP contribution in [0.4, 0.5) is 5.00 Å². The average molecular weight is 388 g/mol. The van der Waals surface area contributed by atoms with Crippen LogP contribution in [0.1, 0.15) is 28.6 Å². The number of hydrogen-bond acceptors (Lipinski definition) is 6. The van der Waals surface area contributed by atoms with Gasteiger partial charge in [-0.15, -0.1) is 11.3 Å². The van der Waals surface area contributed by atoms with Crippen molar-refractivity contribution in [3.63, 3.8) is 0 Å². The maximum Gasteiger partial charge on any atom is 0.348 e. The zero-order chi connectivity index (χ0) is 19.3. The largest absolute Gasteiger partial charge is 0.462 e. The van der Waals surface area contributed by atoms with Gasteiger partial charge in [-0.25, -0.2) is 4.79 Å². The van der Waals surface area contributed by atoms with Crippen molar-refractivity contribution >= 4 is 40.0 Å². The van der Waals surface area contributed by atoms with Crippen LogP contribution in [-0.2, 0) is 19.1 Å². The molecule has 2 bridgehead atoms. The average Bonchev–Trinajstić information content (AvgIpc) is 3.36. The molecule has 4 rings (SSSR count). The van der Waals surface area contributed by atoms with Gasteiger partial charge in [-0.05, 0) is 43.7 Å². The fraction of sp³-hybridized carbons (Fsp3) is 0.474. The Morgan fingerprint density at radius 2 is 1.85 bits per heavy atom. The molecular weight excluding hydrogens is 368 g/mol. The number of carbonyl (C=O) groups excluding carboxylic acids is 4. The summed E-state index contributed by atoms with van der Waals surface area (Å²) in [6.45, 7) is 3.46. The van der Waals surface area contributed by atoms with Gasteiger partial charge in [0.05, 0.1) is 23.4 Å². The molecule has 0 spiro atoms. The first-order valence-electron chi connectivity index (χ1n) is 9.01. The molecule has 1 N–H and O–H groups in total. The zero-order valence-electron chi connectivity index (χ0n) is 15.1. The summed E-state index contributed by atoms with van der Waals surface area (Å²) in [7, 11) is 0. The molecule has 0 aromatic carbocycles. The van der Waals surface area contributed by atoms with Crippen molar-refractivity contribution in [2.75, 3.05) is 18.5 Å². The predicted molar refractivity (Wildman–Crippen MR) is 98.1 cm³/mol. The first kappa shape index (κ1) is 17.9. The molecule has 2 fully saturated rings. The Labute approximate surface area is 160 Å². The highest BCUT2D eigenvalue weighted by Crippen LogP contribution is 2.52. The zero-order valence-corrected chi connectivity index (χ0v) is 15.9. The van der Waals surface area contributed by atoms with Crippen LogP contribution in [0.15, 0.2) is 18.2 Å². The van der Waals surface area contributed by atoms with E-state index in [1.807, 2.05) is 12.2 Å². The Morgan fingerprint density at radius 3 is 2.44 bits per heavy atom. The SMILES string of the molecule is CCOC(=O)c1sc(NC(=O)CN2C(=O)[C@@H]3[C@@H](C2=O)[C@H]2C=C[C@H]3C2)cc1C. The summed E-state index contributed by atoms with van der Waals surface area (Å²) in [5.74, 6) is -1.74. The number of imide groups is 1. The number of hydrogen-bond donors (Lipinski definition) is 1. The lowest BCUT2D eigenvalue weighted by atomic mass is 9.85. The van der Waals surface area contributed by atoms with Gasteiger partial charge in [0.15, 0.2) is 0 Å². The van der Waals surface area contributed by atoms with Crippen LogP contribution < -0.4 is 5.32 Å². The summed E-state index contributed by atoms with van der Waals surface area (Å²) in [6.07, 6.45) is 4.90. The minimum absolute atomic E-state index is 0.122. The molecule has 1 aromatic rings. The number of allylic oxidation sites excluding steroid dienone is 2. The van der Waals surface area contributed by atoms with Gasteiger partial charge < -0.3 is 10.1 Å². The van der Waals surface area contributed by atoms with Crippen molar-refractivity contribution in [3.05, 3.63) is 28.7 Å². The molecule has 27 heavy (non-hydrogen) atoms. The minimum Gasteiger partial charge on any atom is -0.462 e. The molecule has 7 nitrogen and oxygen atoms in total. The molecule has 142 valence electrons. The van der Waals surface area contributed by atoms with Gasteiger partial charge in [0.1, 0.15) is 11.4 Å². The lowest BCUT2D eigenvalue weighted by molar-refractivity contribution is -0.143. The van der Waals surface area contributed by atoms with Crippen LogP contribution in [0.2, 0.25) is 0 Å². The van der Waals surface area contributed by atoms with E-state index in [-0.39, 0.29) is 48.6 Å². The quantitative estimate of drug-likeness (QED) is 0.473. The van der Waals surface area contributed by atoms with Gasteiger partial charge in [-0.2, -0.15) is 0 Å². The Bertz CT molecular complexity index is 843.